The Morgan fingerprint density at radius 2 is 1.92 bits per heavy atom. The smallest absolute Gasteiger partial charge is 0.317 e. The molecular weight excluding hydrogens is 350 g/mol. The van der Waals surface area contributed by atoms with Crippen LogP contribution in [0.2, 0.25) is 0 Å². The van der Waals surface area contributed by atoms with Gasteiger partial charge in [0.2, 0.25) is 5.91 Å². The van der Waals surface area contributed by atoms with E-state index < -0.39 is 5.97 Å². The molecule has 0 spiro atoms. The van der Waals surface area contributed by atoms with E-state index in [1.807, 2.05) is 37.3 Å². The lowest BCUT2D eigenvalue weighted by Crippen LogP contribution is -2.37. The average Bonchev–Trinajstić information content (AvgIpc) is 2.99. The number of benzene rings is 1. The van der Waals surface area contributed by atoms with E-state index in [2.05, 4.69) is 24.1 Å². The van der Waals surface area contributed by atoms with E-state index in [1.54, 1.807) is 4.90 Å². The zero-order valence-corrected chi connectivity index (χ0v) is 16.2. The summed E-state index contributed by atoms with van der Waals surface area (Å²) < 4.78 is 0. The van der Waals surface area contributed by atoms with Crippen LogP contribution in [-0.4, -0.2) is 46.5 Å². The number of aliphatic carboxylic acids is 1. The highest BCUT2D eigenvalue weighted by molar-refractivity contribution is 7.16. The third kappa shape index (κ3) is 5.64. The van der Waals surface area contributed by atoms with E-state index in [0.717, 1.165) is 22.6 Å². The second kappa shape index (κ2) is 9.45. The van der Waals surface area contributed by atoms with Gasteiger partial charge in [0.15, 0.2) is 5.13 Å². The van der Waals surface area contributed by atoms with Gasteiger partial charge in [-0.05, 0) is 18.9 Å². The van der Waals surface area contributed by atoms with Gasteiger partial charge < -0.3 is 10.4 Å². The number of hydrogen-bond acceptors (Lipinski definition) is 5. The molecule has 0 aliphatic rings. The molecule has 7 heteroatoms. The van der Waals surface area contributed by atoms with Gasteiger partial charge in [-0.15, -0.1) is 11.3 Å². The average molecular weight is 375 g/mol. The maximum absolute atomic E-state index is 12.3. The van der Waals surface area contributed by atoms with Crippen LogP contribution < -0.4 is 5.32 Å². The van der Waals surface area contributed by atoms with Crippen molar-refractivity contribution in [2.24, 2.45) is 0 Å². The number of carboxylic acid groups (broad SMARTS) is 1. The van der Waals surface area contributed by atoms with E-state index >= 15 is 0 Å². The minimum Gasteiger partial charge on any atom is -0.480 e. The fourth-order valence-electron chi connectivity index (χ4n) is 2.66. The van der Waals surface area contributed by atoms with Crippen molar-refractivity contribution in [3.8, 4) is 11.3 Å². The van der Waals surface area contributed by atoms with Crippen LogP contribution >= 0.6 is 11.3 Å². The Balaban J connectivity index is 2.14. The Morgan fingerprint density at radius 1 is 1.23 bits per heavy atom. The first-order chi connectivity index (χ1) is 12.4. The third-order valence-corrected chi connectivity index (χ3v) is 5.01. The van der Waals surface area contributed by atoms with Gasteiger partial charge in [0.05, 0.1) is 18.8 Å². The monoisotopic (exact) mass is 375 g/mol. The Labute approximate surface area is 157 Å². The van der Waals surface area contributed by atoms with Crippen molar-refractivity contribution in [2.45, 2.75) is 33.1 Å². The molecule has 1 aromatic heterocycles. The van der Waals surface area contributed by atoms with Crippen molar-refractivity contribution >= 4 is 28.3 Å². The summed E-state index contributed by atoms with van der Waals surface area (Å²) in [4.78, 5) is 30.6. The number of amides is 1. The quantitative estimate of drug-likeness (QED) is 0.699. The second-order valence-corrected chi connectivity index (χ2v) is 7.44. The highest BCUT2D eigenvalue weighted by Gasteiger charge is 2.18. The lowest BCUT2D eigenvalue weighted by Gasteiger charge is -2.18. The van der Waals surface area contributed by atoms with Gasteiger partial charge in [-0.2, -0.15) is 0 Å². The zero-order chi connectivity index (χ0) is 19.1. The van der Waals surface area contributed by atoms with Crippen molar-refractivity contribution in [3.05, 3.63) is 35.2 Å². The van der Waals surface area contributed by atoms with Crippen LogP contribution in [-0.2, 0) is 9.59 Å². The number of anilines is 1. The van der Waals surface area contributed by atoms with Crippen molar-refractivity contribution in [1.82, 2.24) is 9.88 Å². The number of aromatic nitrogens is 1. The highest BCUT2D eigenvalue weighted by Crippen LogP contribution is 2.36. The van der Waals surface area contributed by atoms with Crippen LogP contribution in [0, 0.1) is 0 Å². The minimum absolute atomic E-state index is 0.0391. The van der Waals surface area contributed by atoms with Crippen molar-refractivity contribution in [2.75, 3.05) is 25.0 Å². The van der Waals surface area contributed by atoms with Crippen LogP contribution in [0.25, 0.3) is 11.3 Å². The molecule has 0 bridgehead atoms. The zero-order valence-electron chi connectivity index (χ0n) is 15.4. The van der Waals surface area contributed by atoms with E-state index in [4.69, 9.17) is 5.11 Å². The van der Waals surface area contributed by atoms with Crippen LogP contribution in [0.4, 0.5) is 5.13 Å². The molecule has 2 rings (SSSR count). The molecular formula is C19H25N3O3S. The molecule has 6 nitrogen and oxygen atoms in total. The Morgan fingerprint density at radius 3 is 2.50 bits per heavy atom. The molecule has 0 atom stereocenters. The summed E-state index contributed by atoms with van der Waals surface area (Å²) in [7, 11) is 0. The summed E-state index contributed by atoms with van der Waals surface area (Å²) in [6, 6.07) is 9.89. The molecule has 140 valence electrons. The van der Waals surface area contributed by atoms with E-state index in [1.165, 1.54) is 11.3 Å². The predicted octanol–water partition coefficient (Wildman–Crippen LogP) is 3.67. The maximum atomic E-state index is 12.3. The van der Waals surface area contributed by atoms with Crippen molar-refractivity contribution in [3.63, 3.8) is 0 Å². The molecule has 0 aliphatic heterocycles. The van der Waals surface area contributed by atoms with Crippen molar-refractivity contribution in [1.29, 1.82) is 0 Å². The number of thiazole rings is 1. The minimum atomic E-state index is -0.936. The van der Waals surface area contributed by atoms with Crippen LogP contribution in [0.5, 0.6) is 0 Å². The van der Waals surface area contributed by atoms with E-state index in [0.29, 0.717) is 11.7 Å². The Hall–Kier alpha value is -2.25. The Bertz CT molecular complexity index is 744. The van der Waals surface area contributed by atoms with Crippen LogP contribution in [0.3, 0.4) is 0 Å². The van der Waals surface area contributed by atoms with Gasteiger partial charge in [-0.3, -0.25) is 14.5 Å². The van der Waals surface area contributed by atoms with E-state index in [-0.39, 0.29) is 24.9 Å². The summed E-state index contributed by atoms with van der Waals surface area (Å²) in [5.41, 5.74) is 1.91. The number of nitrogens with one attached hydrogen (secondary N) is 1. The summed E-state index contributed by atoms with van der Waals surface area (Å²) in [5.74, 6) is -0.894. The summed E-state index contributed by atoms with van der Waals surface area (Å²) >= 11 is 1.47. The first kappa shape index (κ1) is 20.1. The molecule has 1 heterocycles. The lowest BCUT2D eigenvalue weighted by atomic mass is 10.1. The molecule has 0 saturated heterocycles. The molecule has 1 aromatic carbocycles. The first-order valence-electron chi connectivity index (χ1n) is 8.70. The number of carboxylic acids is 1. The van der Waals surface area contributed by atoms with Crippen LogP contribution in [0.15, 0.2) is 30.3 Å². The number of carbonyl (C=O) groups excluding carboxylic acids is 1. The SMILES string of the molecule is CCCN(CC(=O)O)CC(=O)Nc1nc(-c2ccccc2)c(C(C)C)s1. The molecule has 0 unspecified atom stereocenters. The number of nitrogens with zero attached hydrogens (tertiary/aromatic N) is 2. The molecule has 0 aliphatic carbocycles. The second-order valence-electron chi connectivity index (χ2n) is 6.41. The molecule has 0 saturated carbocycles. The standard InChI is InChI=1S/C19H25N3O3S/c1-4-10-22(12-16(24)25)11-15(23)20-19-21-17(18(26-19)13(2)3)14-8-6-5-7-9-14/h5-9,13H,4,10-12H2,1-3H3,(H,24,25)(H,20,21,23). The molecule has 0 fully saturated rings. The molecule has 2 aromatic rings. The fraction of sp³-hybridized carbons (Fsp3) is 0.421. The lowest BCUT2D eigenvalue weighted by molar-refractivity contribution is -0.138. The summed E-state index contributed by atoms with van der Waals surface area (Å²) in [6.45, 7) is 6.60. The third-order valence-electron chi connectivity index (χ3n) is 3.74. The maximum Gasteiger partial charge on any atom is 0.317 e. The fourth-order valence-corrected chi connectivity index (χ4v) is 3.67. The highest BCUT2D eigenvalue weighted by atomic mass is 32.1. The summed E-state index contributed by atoms with van der Waals surface area (Å²) in [6.07, 6.45) is 0.785. The normalized spacial score (nSPS) is 11.1. The van der Waals surface area contributed by atoms with Gasteiger partial charge in [0.1, 0.15) is 0 Å². The topological polar surface area (TPSA) is 82.5 Å². The van der Waals surface area contributed by atoms with E-state index in [9.17, 15) is 9.59 Å². The molecule has 26 heavy (non-hydrogen) atoms. The number of rotatable bonds is 9. The molecule has 1 amide bonds. The number of hydrogen-bond donors (Lipinski definition) is 2. The van der Waals surface area contributed by atoms with Crippen molar-refractivity contribution < 1.29 is 14.7 Å². The summed E-state index contributed by atoms with van der Waals surface area (Å²) in [5, 5.41) is 12.3. The van der Waals surface area contributed by atoms with Crippen LogP contribution in [0.1, 0.15) is 38.0 Å². The predicted molar refractivity (Wildman–Crippen MR) is 105 cm³/mol. The first-order valence-corrected chi connectivity index (χ1v) is 9.52. The largest absolute Gasteiger partial charge is 0.480 e. The van der Waals surface area contributed by atoms with Gasteiger partial charge >= 0.3 is 5.97 Å². The number of carbonyl (C=O) groups is 2. The molecule has 2 N–H and O–H groups in total. The van der Waals surface area contributed by atoms with Gasteiger partial charge in [-0.25, -0.2) is 4.98 Å². The van der Waals surface area contributed by atoms with Gasteiger partial charge in [-0.1, -0.05) is 51.1 Å². The molecule has 0 radical (unpaired) electrons. The van der Waals surface area contributed by atoms with Gasteiger partial charge in [0.25, 0.3) is 0 Å². The Kier molecular flexibility index (Phi) is 7.29. The van der Waals surface area contributed by atoms with Gasteiger partial charge in [0, 0.05) is 10.4 Å².